The number of rotatable bonds is 7. The van der Waals surface area contributed by atoms with Crippen molar-refractivity contribution in [1.82, 2.24) is 5.32 Å². The molecule has 0 radical (unpaired) electrons. The van der Waals surface area contributed by atoms with Gasteiger partial charge in [0.25, 0.3) is 0 Å². The molecule has 1 aromatic carbocycles. The first-order valence-corrected chi connectivity index (χ1v) is 7.19. The lowest BCUT2D eigenvalue weighted by Crippen LogP contribution is -2.20. The van der Waals surface area contributed by atoms with Gasteiger partial charge in [0, 0.05) is 10.9 Å². The van der Waals surface area contributed by atoms with E-state index in [0.717, 1.165) is 25.3 Å². The number of benzene rings is 1. The molecule has 0 aliphatic rings. The number of para-hydroxylation sites is 1. The molecule has 1 atom stereocenters. The van der Waals surface area contributed by atoms with Crippen LogP contribution in [0.4, 0.5) is 0 Å². The number of nitrogens with one attached hydrogen (secondary N) is 1. The van der Waals surface area contributed by atoms with Crippen molar-refractivity contribution in [3.05, 3.63) is 52.7 Å². The molecule has 1 heterocycles. The molecule has 0 amide bonds. The van der Waals surface area contributed by atoms with E-state index in [-0.39, 0.29) is 0 Å². The molecule has 0 aliphatic heterocycles. The molecule has 0 bridgehead atoms. The van der Waals surface area contributed by atoms with Gasteiger partial charge in [0.1, 0.15) is 5.75 Å². The standard InChI is InChI=1S/C15H19NOS/c1-13(15-9-5-12-18-15)16-10-6-11-17-14-7-3-2-4-8-14/h2-5,7-9,12-13,16H,6,10-11H2,1H3/t13-/m0/s1. The van der Waals surface area contributed by atoms with Crippen LogP contribution in [-0.4, -0.2) is 13.2 Å². The predicted octanol–water partition coefficient (Wildman–Crippen LogP) is 3.87. The summed E-state index contributed by atoms with van der Waals surface area (Å²) < 4.78 is 5.64. The Balaban J connectivity index is 1.59. The second-order valence-electron chi connectivity index (χ2n) is 4.21. The molecule has 0 saturated heterocycles. The lowest BCUT2D eigenvalue weighted by Gasteiger charge is -2.12. The SMILES string of the molecule is C[C@H](NCCCOc1ccccc1)c1cccs1. The fourth-order valence-electron chi connectivity index (χ4n) is 1.74. The number of ether oxygens (including phenoxy) is 1. The van der Waals surface area contributed by atoms with E-state index in [9.17, 15) is 0 Å². The topological polar surface area (TPSA) is 21.3 Å². The Morgan fingerprint density at radius 3 is 2.72 bits per heavy atom. The molecule has 0 fully saturated rings. The third kappa shape index (κ3) is 4.17. The zero-order chi connectivity index (χ0) is 12.6. The van der Waals surface area contributed by atoms with Gasteiger partial charge in [-0.3, -0.25) is 0 Å². The molecule has 2 rings (SSSR count). The molecular weight excluding hydrogens is 242 g/mol. The Morgan fingerprint density at radius 1 is 1.17 bits per heavy atom. The Bertz CT molecular complexity index is 427. The van der Waals surface area contributed by atoms with E-state index in [2.05, 4.69) is 29.8 Å². The van der Waals surface area contributed by atoms with Crippen LogP contribution < -0.4 is 10.1 Å². The maximum atomic E-state index is 5.64. The van der Waals surface area contributed by atoms with Crippen LogP contribution >= 0.6 is 11.3 Å². The van der Waals surface area contributed by atoms with Crippen LogP contribution in [-0.2, 0) is 0 Å². The van der Waals surface area contributed by atoms with Crippen LogP contribution in [0.15, 0.2) is 47.8 Å². The van der Waals surface area contributed by atoms with Crippen LogP contribution in [0.3, 0.4) is 0 Å². The van der Waals surface area contributed by atoms with Crippen molar-refractivity contribution in [3.8, 4) is 5.75 Å². The van der Waals surface area contributed by atoms with Crippen molar-refractivity contribution in [2.75, 3.05) is 13.2 Å². The summed E-state index contributed by atoms with van der Waals surface area (Å²) in [4.78, 5) is 1.39. The first kappa shape index (κ1) is 13.1. The van der Waals surface area contributed by atoms with Crippen LogP contribution in [0, 0.1) is 0 Å². The molecule has 18 heavy (non-hydrogen) atoms. The maximum Gasteiger partial charge on any atom is 0.119 e. The number of hydrogen-bond donors (Lipinski definition) is 1. The van der Waals surface area contributed by atoms with E-state index in [1.54, 1.807) is 11.3 Å². The van der Waals surface area contributed by atoms with Gasteiger partial charge in [-0.25, -0.2) is 0 Å². The molecule has 1 N–H and O–H groups in total. The van der Waals surface area contributed by atoms with Crippen molar-refractivity contribution in [2.24, 2.45) is 0 Å². The lowest BCUT2D eigenvalue weighted by atomic mass is 10.2. The minimum atomic E-state index is 0.432. The Kier molecular flexibility index (Phi) is 5.24. The highest BCUT2D eigenvalue weighted by molar-refractivity contribution is 7.10. The van der Waals surface area contributed by atoms with Gasteiger partial charge in [0.15, 0.2) is 0 Å². The molecule has 0 unspecified atom stereocenters. The first-order valence-electron chi connectivity index (χ1n) is 6.31. The van der Waals surface area contributed by atoms with Crippen LogP contribution in [0.1, 0.15) is 24.3 Å². The Morgan fingerprint density at radius 2 is 2.00 bits per heavy atom. The largest absolute Gasteiger partial charge is 0.494 e. The first-order chi connectivity index (χ1) is 8.86. The fourth-order valence-corrected chi connectivity index (χ4v) is 2.49. The summed E-state index contributed by atoms with van der Waals surface area (Å²) in [5.74, 6) is 0.948. The lowest BCUT2D eigenvalue weighted by molar-refractivity contribution is 0.306. The summed E-state index contributed by atoms with van der Waals surface area (Å²) >= 11 is 1.80. The minimum absolute atomic E-state index is 0.432. The van der Waals surface area contributed by atoms with E-state index in [4.69, 9.17) is 4.74 Å². The summed E-state index contributed by atoms with van der Waals surface area (Å²) in [6, 6.07) is 14.7. The number of thiophene rings is 1. The van der Waals surface area contributed by atoms with Gasteiger partial charge in [-0.05, 0) is 43.5 Å². The molecular formula is C15H19NOS. The summed E-state index contributed by atoms with van der Waals surface area (Å²) in [6.45, 7) is 3.93. The van der Waals surface area contributed by atoms with Crippen LogP contribution in [0.2, 0.25) is 0 Å². The zero-order valence-electron chi connectivity index (χ0n) is 10.6. The zero-order valence-corrected chi connectivity index (χ0v) is 11.5. The van der Waals surface area contributed by atoms with Crippen molar-refractivity contribution < 1.29 is 4.74 Å². The molecule has 2 aromatic rings. The van der Waals surface area contributed by atoms with E-state index < -0.39 is 0 Å². The average Bonchev–Trinajstić information content (AvgIpc) is 2.93. The molecule has 3 heteroatoms. The van der Waals surface area contributed by atoms with Crippen molar-refractivity contribution >= 4 is 11.3 Å². The predicted molar refractivity (Wildman–Crippen MR) is 77.3 cm³/mol. The smallest absolute Gasteiger partial charge is 0.119 e. The van der Waals surface area contributed by atoms with Gasteiger partial charge in [-0.15, -0.1) is 11.3 Å². The van der Waals surface area contributed by atoms with Crippen molar-refractivity contribution in [3.63, 3.8) is 0 Å². The fraction of sp³-hybridized carbons (Fsp3) is 0.333. The highest BCUT2D eigenvalue weighted by Crippen LogP contribution is 2.17. The van der Waals surface area contributed by atoms with Crippen LogP contribution in [0.5, 0.6) is 5.75 Å². The Labute approximate surface area is 113 Å². The highest BCUT2D eigenvalue weighted by atomic mass is 32.1. The number of hydrogen-bond acceptors (Lipinski definition) is 3. The van der Waals surface area contributed by atoms with Gasteiger partial charge >= 0.3 is 0 Å². The van der Waals surface area contributed by atoms with Crippen molar-refractivity contribution in [1.29, 1.82) is 0 Å². The Hall–Kier alpha value is -1.32. The summed E-state index contributed by atoms with van der Waals surface area (Å²) in [6.07, 6.45) is 1.02. The second kappa shape index (κ2) is 7.19. The van der Waals surface area contributed by atoms with E-state index in [1.807, 2.05) is 30.3 Å². The average molecular weight is 261 g/mol. The third-order valence-corrected chi connectivity index (χ3v) is 3.81. The second-order valence-corrected chi connectivity index (χ2v) is 5.19. The molecule has 96 valence electrons. The van der Waals surface area contributed by atoms with Crippen LogP contribution in [0.25, 0.3) is 0 Å². The van der Waals surface area contributed by atoms with Gasteiger partial charge in [0.2, 0.25) is 0 Å². The quantitative estimate of drug-likeness (QED) is 0.764. The summed E-state index contributed by atoms with van der Waals surface area (Å²) in [5, 5.41) is 5.62. The summed E-state index contributed by atoms with van der Waals surface area (Å²) in [7, 11) is 0. The van der Waals surface area contributed by atoms with Gasteiger partial charge in [-0.2, -0.15) is 0 Å². The normalized spacial score (nSPS) is 12.3. The maximum absolute atomic E-state index is 5.64. The van der Waals surface area contributed by atoms with Gasteiger partial charge < -0.3 is 10.1 Å². The van der Waals surface area contributed by atoms with Gasteiger partial charge in [0.05, 0.1) is 6.61 Å². The van der Waals surface area contributed by atoms with E-state index >= 15 is 0 Å². The monoisotopic (exact) mass is 261 g/mol. The molecule has 0 saturated carbocycles. The van der Waals surface area contributed by atoms with E-state index in [0.29, 0.717) is 6.04 Å². The van der Waals surface area contributed by atoms with Crippen molar-refractivity contribution in [2.45, 2.75) is 19.4 Å². The molecule has 0 spiro atoms. The molecule has 0 aliphatic carbocycles. The van der Waals surface area contributed by atoms with Gasteiger partial charge in [-0.1, -0.05) is 24.3 Å². The minimum Gasteiger partial charge on any atom is -0.494 e. The van der Waals surface area contributed by atoms with E-state index in [1.165, 1.54) is 4.88 Å². The summed E-state index contributed by atoms with van der Waals surface area (Å²) in [5.41, 5.74) is 0. The molecule has 2 nitrogen and oxygen atoms in total. The highest BCUT2D eigenvalue weighted by Gasteiger charge is 2.04. The molecule has 1 aromatic heterocycles. The third-order valence-electron chi connectivity index (χ3n) is 2.75.